The van der Waals surface area contributed by atoms with Crippen LogP contribution >= 0.6 is 0 Å². The fourth-order valence-corrected chi connectivity index (χ4v) is 3.44. The minimum atomic E-state index is -0.201. The highest BCUT2D eigenvalue weighted by atomic mass is 16.2. The molecule has 156 valence electrons. The highest BCUT2D eigenvalue weighted by Crippen LogP contribution is 2.09. The van der Waals surface area contributed by atoms with E-state index in [1.807, 2.05) is 72.8 Å². The van der Waals surface area contributed by atoms with Gasteiger partial charge in [-0.25, -0.2) is 9.78 Å². The second-order valence-corrected chi connectivity index (χ2v) is 7.33. The number of H-pyrrole nitrogens is 1. The molecule has 0 aliphatic heterocycles. The first-order valence-corrected chi connectivity index (χ1v) is 10.3. The molecule has 0 saturated carbocycles. The zero-order valence-electron chi connectivity index (χ0n) is 17.1. The number of rotatable bonds is 7. The Morgan fingerprint density at radius 2 is 1.52 bits per heavy atom. The van der Waals surface area contributed by atoms with E-state index < -0.39 is 0 Å². The normalized spacial score (nSPS) is 10.7. The minimum Gasteiger partial charge on any atom is -0.334 e. The van der Waals surface area contributed by atoms with Crippen LogP contribution in [0.5, 0.6) is 0 Å². The van der Waals surface area contributed by atoms with Gasteiger partial charge in [-0.2, -0.15) is 0 Å². The first kappa shape index (κ1) is 20.3. The van der Waals surface area contributed by atoms with Gasteiger partial charge in [-0.15, -0.1) is 0 Å². The average Bonchev–Trinajstić information content (AvgIpc) is 2.81. The Morgan fingerprint density at radius 1 is 0.871 bits per heavy atom. The number of carbonyl (C=O) groups excluding carboxylic acids is 1. The Kier molecular flexibility index (Phi) is 6.38. The molecule has 1 heterocycles. The Morgan fingerprint density at radius 3 is 2.26 bits per heavy atom. The number of hydrogen-bond donors (Lipinski definition) is 2. The largest absolute Gasteiger partial charge is 0.334 e. The highest BCUT2D eigenvalue weighted by Gasteiger charge is 2.16. The van der Waals surface area contributed by atoms with Crippen LogP contribution in [0.15, 0.2) is 89.7 Å². The summed E-state index contributed by atoms with van der Waals surface area (Å²) in [7, 11) is 0. The summed E-state index contributed by atoms with van der Waals surface area (Å²) >= 11 is 0. The van der Waals surface area contributed by atoms with Crippen molar-refractivity contribution in [1.82, 2.24) is 20.2 Å². The molecule has 0 spiro atoms. The summed E-state index contributed by atoms with van der Waals surface area (Å²) in [6.07, 6.45) is 0.706. The Balaban J connectivity index is 1.52. The summed E-state index contributed by atoms with van der Waals surface area (Å²) in [6.45, 7) is 1.15. The number of carbonyl (C=O) groups is 1. The second-order valence-electron chi connectivity index (χ2n) is 7.33. The molecule has 0 unspecified atom stereocenters. The zero-order valence-corrected chi connectivity index (χ0v) is 17.1. The van der Waals surface area contributed by atoms with E-state index in [0.29, 0.717) is 36.2 Å². The van der Waals surface area contributed by atoms with Crippen molar-refractivity contribution in [2.75, 3.05) is 6.54 Å². The number of para-hydroxylation sites is 1. The van der Waals surface area contributed by atoms with Gasteiger partial charge in [0, 0.05) is 13.1 Å². The molecule has 0 atom stereocenters. The molecule has 0 saturated heterocycles. The Labute approximate surface area is 180 Å². The summed E-state index contributed by atoms with van der Waals surface area (Å²) in [5, 5.41) is 3.51. The molecule has 0 aliphatic rings. The fraction of sp³-hybridized carbons (Fsp3) is 0.160. The van der Waals surface area contributed by atoms with Crippen molar-refractivity contribution < 1.29 is 4.79 Å². The van der Waals surface area contributed by atoms with Crippen molar-refractivity contribution in [2.24, 2.45) is 0 Å². The van der Waals surface area contributed by atoms with E-state index in [4.69, 9.17) is 0 Å². The van der Waals surface area contributed by atoms with Gasteiger partial charge in [0.1, 0.15) is 5.82 Å². The lowest BCUT2D eigenvalue weighted by Gasteiger charge is -2.23. The smallest absolute Gasteiger partial charge is 0.318 e. The van der Waals surface area contributed by atoms with Crippen molar-refractivity contribution in [3.05, 3.63) is 112 Å². The molecule has 0 aliphatic carbocycles. The molecule has 2 N–H and O–H groups in total. The van der Waals surface area contributed by atoms with Crippen LogP contribution in [-0.4, -0.2) is 27.4 Å². The summed E-state index contributed by atoms with van der Waals surface area (Å²) in [5.74, 6) is 0.464. The van der Waals surface area contributed by atoms with Crippen LogP contribution in [0.3, 0.4) is 0 Å². The number of aromatic amines is 1. The Bertz CT molecular complexity index is 1210. The molecule has 4 aromatic rings. The molecule has 3 aromatic carbocycles. The summed E-state index contributed by atoms with van der Waals surface area (Å²) < 4.78 is 0. The van der Waals surface area contributed by atoms with Crippen LogP contribution in [-0.2, 0) is 19.5 Å². The van der Waals surface area contributed by atoms with E-state index in [-0.39, 0.29) is 18.1 Å². The predicted molar refractivity (Wildman–Crippen MR) is 122 cm³/mol. The molecule has 4 rings (SSSR count). The van der Waals surface area contributed by atoms with Gasteiger partial charge in [-0.3, -0.25) is 4.79 Å². The molecule has 6 heteroatoms. The Hall–Kier alpha value is -3.93. The van der Waals surface area contributed by atoms with Crippen LogP contribution in [0.4, 0.5) is 4.79 Å². The van der Waals surface area contributed by atoms with Gasteiger partial charge in [0.15, 0.2) is 0 Å². The van der Waals surface area contributed by atoms with Crippen molar-refractivity contribution in [3.8, 4) is 0 Å². The fourth-order valence-electron chi connectivity index (χ4n) is 3.44. The molecular weight excluding hydrogens is 388 g/mol. The molecule has 0 bridgehead atoms. The molecule has 1 aromatic heterocycles. The van der Waals surface area contributed by atoms with Crippen molar-refractivity contribution in [3.63, 3.8) is 0 Å². The quantitative estimate of drug-likeness (QED) is 0.484. The van der Waals surface area contributed by atoms with Gasteiger partial charge in [0.25, 0.3) is 5.56 Å². The van der Waals surface area contributed by atoms with Gasteiger partial charge in [-0.05, 0) is 29.7 Å². The van der Waals surface area contributed by atoms with Crippen LogP contribution in [0, 0.1) is 0 Å². The highest BCUT2D eigenvalue weighted by molar-refractivity contribution is 5.77. The third kappa shape index (κ3) is 5.36. The number of hydrogen-bond acceptors (Lipinski definition) is 3. The molecule has 6 nitrogen and oxygen atoms in total. The van der Waals surface area contributed by atoms with Gasteiger partial charge in [-0.1, -0.05) is 72.8 Å². The first-order chi connectivity index (χ1) is 15.2. The SMILES string of the molecule is O=C(NCc1ccccc1)N(CCc1ccccc1)Cc1nc2ccccc2c(=O)[nH]1. The second kappa shape index (κ2) is 9.71. The maximum atomic E-state index is 13.0. The van der Waals surface area contributed by atoms with E-state index in [2.05, 4.69) is 15.3 Å². The summed E-state index contributed by atoms with van der Waals surface area (Å²) in [4.78, 5) is 34.5. The standard InChI is InChI=1S/C25H24N4O2/c30-24-21-13-7-8-14-22(21)27-23(28-24)18-29(16-15-19-9-3-1-4-10-19)25(31)26-17-20-11-5-2-6-12-20/h1-14H,15-18H2,(H,26,31)(H,27,28,30). The van der Waals surface area contributed by atoms with Crippen LogP contribution in [0.1, 0.15) is 17.0 Å². The van der Waals surface area contributed by atoms with Crippen LogP contribution in [0.25, 0.3) is 10.9 Å². The maximum Gasteiger partial charge on any atom is 0.318 e. The molecule has 0 radical (unpaired) electrons. The van der Waals surface area contributed by atoms with Gasteiger partial charge < -0.3 is 15.2 Å². The van der Waals surface area contributed by atoms with Gasteiger partial charge in [0.2, 0.25) is 0 Å². The maximum absolute atomic E-state index is 13.0. The number of benzene rings is 3. The van der Waals surface area contributed by atoms with Crippen molar-refractivity contribution >= 4 is 16.9 Å². The zero-order chi connectivity index (χ0) is 21.5. The number of nitrogens with zero attached hydrogens (tertiary/aromatic N) is 2. The van der Waals surface area contributed by atoms with Crippen LogP contribution < -0.4 is 10.9 Å². The number of aromatic nitrogens is 2. The number of nitrogens with one attached hydrogen (secondary N) is 2. The van der Waals surface area contributed by atoms with Crippen molar-refractivity contribution in [1.29, 1.82) is 0 Å². The number of amides is 2. The van der Waals surface area contributed by atoms with Gasteiger partial charge in [0.05, 0.1) is 17.4 Å². The lowest BCUT2D eigenvalue weighted by Crippen LogP contribution is -2.41. The lowest BCUT2D eigenvalue weighted by atomic mass is 10.1. The topological polar surface area (TPSA) is 78.1 Å². The molecule has 2 amide bonds. The molecule has 31 heavy (non-hydrogen) atoms. The third-order valence-corrected chi connectivity index (χ3v) is 5.09. The number of urea groups is 1. The van der Waals surface area contributed by atoms with Gasteiger partial charge >= 0.3 is 6.03 Å². The molecule has 0 fully saturated rings. The van der Waals surface area contributed by atoms with Crippen LogP contribution in [0.2, 0.25) is 0 Å². The third-order valence-electron chi connectivity index (χ3n) is 5.09. The van der Waals surface area contributed by atoms with E-state index >= 15 is 0 Å². The lowest BCUT2D eigenvalue weighted by molar-refractivity contribution is 0.194. The van der Waals surface area contributed by atoms with E-state index in [1.54, 1.807) is 17.0 Å². The van der Waals surface area contributed by atoms with E-state index in [0.717, 1.165) is 11.1 Å². The molecular formula is C25H24N4O2. The summed E-state index contributed by atoms with van der Waals surface area (Å²) in [5.41, 5.74) is 2.58. The minimum absolute atomic E-state index is 0.199. The summed E-state index contributed by atoms with van der Waals surface area (Å²) in [6, 6.07) is 26.8. The average molecular weight is 412 g/mol. The van der Waals surface area contributed by atoms with Crippen molar-refractivity contribution in [2.45, 2.75) is 19.5 Å². The van der Waals surface area contributed by atoms with E-state index in [1.165, 1.54) is 0 Å². The first-order valence-electron chi connectivity index (χ1n) is 10.3. The monoisotopic (exact) mass is 412 g/mol. The number of fused-ring (bicyclic) bond motifs is 1. The van der Waals surface area contributed by atoms with E-state index in [9.17, 15) is 9.59 Å². The predicted octanol–water partition coefficient (Wildman–Crippen LogP) is 3.88.